The maximum atomic E-state index is 13.6. The van der Waals surface area contributed by atoms with Crippen molar-refractivity contribution in [3.63, 3.8) is 0 Å². The van der Waals surface area contributed by atoms with Crippen molar-refractivity contribution in [3.8, 4) is 5.75 Å². The van der Waals surface area contributed by atoms with Gasteiger partial charge in [-0.15, -0.1) is 0 Å². The van der Waals surface area contributed by atoms with E-state index in [4.69, 9.17) is 9.47 Å². The first-order valence-electron chi connectivity index (χ1n) is 6.94. The van der Waals surface area contributed by atoms with Crippen LogP contribution in [0.3, 0.4) is 0 Å². The van der Waals surface area contributed by atoms with Crippen LogP contribution in [0.4, 0.5) is 8.78 Å². The van der Waals surface area contributed by atoms with Crippen LogP contribution in [0.25, 0.3) is 0 Å². The third kappa shape index (κ3) is 3.32. The number of carbonyl (C=O) groups is 1. The molecule has 21 heavy (non-hydrogen) atoms. The molecule has 1 aliphatic carbocycles. The van der Waals surface area contributed by atoms with Crippen molar-refractivity contribution >= 4 is 5.97 Å². The maximum absolute atomic E-state index is 13.6. The third-order valence-corrected chi connectivity index (χ3v) is 3.66. The summed E-state index contributed by atoms with van der Waals surface area (Å²) >= 11 is 0. The molecule has 1 saturated carbocycles. The molecule has 0 bridgehead atoms. The lowest BCUT2D eigenvalue weighted by atomic mass is 9.94. The highest BCUT2D eigenvalue weighted by atomic mass is 19.1. The fourth-order valence-electron chi connectivity index (χ4n) is 2.46. The van der Waals surface area contributed by atoms with E-state index in [1.54, 1.807) is 0 Å². The van der Waals surface area contributed by atoms with Crippen molar-refractivity contribution in [2.45, 2.75) is 25.3 Å². The van der Waals surface area contributed by atoms with Crippen molar-refractivity contribution in [1.82, 2.24) is 5.32 Å². The minimum atomic E-state index is -1.01. The van der Waals surface area contributed by atoms with E-state index in [1.165, 1.54) is 7.11 Å². The van der Waals surface area contributed by atoms with Gasteiger partial charge in [-0.1, -0.05) is 6.92 Å². The number of methoxy groups -OCH3 is 1. The Morgan fingerprint density at radius 1 is 1.43 bits per heavy atom. The molecule has 1 unspecified atom stereocenters. The van der Waals surface area contributed by atoms with Crippen LogP contribution in [-0.4, -0.2) is 31.8 Å². The van der Waals surface area contributed by atoms with Gasteiger partial charge in [0.05, 0.1) is 7.11 Å². The number of benzene rings is 1. The highest BCUT2D eigenvalue weighted by molar-refractivity contribution is 5.82. The van der Waals surface area contributed by atoms with Gasteiger partial charge in [0.2, 0.25) is 0 Å². The number of hydrogen-bond acceptors (Lipinski definition) is 4. The lowest BCUT2D eigenvalue weighted by molar-refractivity contribution is -0.151. The average molecular weight is 299 g/mol. The van der Waals surface area contributed by atoms with Crippen LogP contribution >= 0.6 is 0 Å². The third-order valence-electron chi connectivity index (χ3n) is 3.66. The summed E-state index contributed by atoms with van der Waals surface area (Å²) in [6.07, 6.45) is 1.74. The highest BCUT2D eigenvalue weighted by Gasteiger charge is 2.52. The van der Waals surface area contributed by atoms with Gasteiger partial charge >= 0.3 is 5.97 Å². The second-order valence-corrected chi connectivity index (χ2v) is 5.13. The number of nitrogens with one attached hydrogen (secondary N) is 1. The molecule has 1 atom stereocenters. The number of ether oxygens (including phenoxy) is 2. The van der Waals surface area contributed by atoms with Gasteiger partial charge in [-0.2, -0.15) is 0 Å². The molecule has 0 amide bonds. The first kappa shape index (κ1) is 15.7. The second kappa shape index (κ2) is 6.39. The smallest absolute Gasteiger partial charge is 0.329 e. The molecular formula is C15H19F2NO3. The number of halogens is 2. The van der Waals surface area contributed by atoms with E-state index in [0.29, 0.717) is 6.54 Å². The molecule has 1 aromatic carbocycles. The molecule has 0 aliphatic heterocycles. The Balaban J connectivity index is 2.18. The molecule has 2 rings (SSSR count). The largest absolute Gasteiger partial charge is 0.488 e. The molecule has 1 fully saturated rings. The predicted octanol–water partition coefficient (Wildman–Crippen LogP) is 2.27. The highest BCUT2D eigenvalue weighted by Crippen LogP contribution is 2.41. The van der Waals surface area contributed by atoms with E-state index < -0.39 is 23.1 Å². The zero-order valence-electron chi connectivity index (χ0n) is 12.1. The number of likely N-dealkylation sites (N-methyl/N-ethyl adjacent to an activating group) is 1. The standard InChI is InChI=1S/C15H19F2NO3/c1-3-18-15(10-4-5-10,14(19)20-2)9-21-13-8-11(16)6-7-12(13)17/h6-8,10,18H,3-5,9H2,1-2H3. The van der Waals surface area contributed by atoms with E-state index in [9.17, 15) is 13.6 Å². The maximum Gasteiger partial charge on any atom is 0.329 e. The zero-order chi connectivity index (χ0) is 15.5. The Morgan fingerprint density at radius 3 is 2.71 bits per heavy atom. The Bertz CT molecular complexity index is 520. The van der Waals surface area contributed by atoms with Crippen LogP contribution in [0.15, 0.2) is 18.2 Å². The average Bonchev–Trinajstić information content (AvgIpc) is 3.31. The zero-order valence-corrected chi connectivity index (χ0v) is 12.1. The second-order valence-electron chi connectivity index (χ2n) is 5.13. The monoisotopic (exact) mass is 299 g/mol. The quantitative estimate of drug-likeness (QED) is 0.785. The van der Waals surface area contributed by atoms with Crippen LogP contribution in [-0.2, 0) is 9.53 Å². The molecule has 1 aliphatic rings. The van der Waals surface area contributed by atoms with E-state index >= 15 is 0 Å². The first-order valence-corrected chi connectivity index (χ1v) is 6.94. The fraction of sp³-hybridized carbons (Fsp3) is 0.533. The molecule has 1 N–H and O–H groups in total. The van der Waals surface area contributed by atoms with Gasteiger partial charge in [-0.25, -0.2) is 13.6 Å². The van der Waals surface area contributed by atoms with Crippen molar-refractivity contribution in [2.24, 2.45) is 5.92 Å². The van der Waals surface area contributed by atoms with Crippen molar-refractivity contribution < 1.29 is 23.0 Å². The molecule has 0 heterocycles. The summed E-state index contributed by atoms with van der Waals surface area (Å²) in [5.74, 6) is -1.82. The summed E-state index contributed by atoms with van der Waals surface area (Å²) < 4.78 is 37.0. The number of hydrogen-bond donors (Lipinski definition) is 1. The lowest BCUT2D eigenvalue weighted by Gasteiger charge is -2.31. The number of esters is 1. The van der Waals surface area contributed by atoms with E-state index in [-0.39, 0.29) is 18.3 Å². The lowest BCUT2D eigenvalue weighted by Crippen LogP contribution is -2.58. The van der Waals surface area contributed by atoms with Gasteiger partial charge in [-0.05, 0) is 37.4 Å². The molecular weight excluding hydrogens is 280 g/mol. The Kier molecular flexibility index (Phi) is 4.77. The van der Waals surface area contributed by atoms with Crippen LogP contribution < -0.4 is 10.1 Å². The molecule has 116 valence electrons. The van der Waals surface area contributed by atoms with Gasteiger partial charge < -0.3 is 9.47 Å². The number of rotatable bonds is 7. The van der Waals surface area contributed by atoms with E-state index in [1.807, 2.05) is 6.92 Å². The minimum absolute atomic E-state index is 0.0847. The molecule has 0 spiro atoms. The summed E-state index contributed by atoms with van der Waals surface area (Å²) in [6.45, 7) is 2.31. The molecule has 6 heteroatoms. The Morgan fingerprint density at radius 2 is 2.14 bits per heavy atom. The fourth-order valence-corrected chi connectivity index (χ4v) is 2.46. The van der Waals surface area contributed by atoms with Crippen LogP contribution in [0.5, 0.6) is 5.75 Å². The van der Waals surface area contributed by atoms with E-state index in [0.717, 1.165) is 31.0 Å². The minimum Gasteiger partial charge on any atom is -0.488 e. The van der Waals surface area contributed by atoms with Gasteiger partial charge in [0.1, 0.15) is 12.4 Å². The Hall–Kier alpha value is -1.69. The van der Waals surface area contributed by atoms with Gasteiger partial charge in [0.25, 0.3) is 0 Å². The van der Waals surface area contributed by atoms with Crippen LogP contribution in [0.2, 0.25) is 0 Å². The summed E-state index contributed by atoms with van der Waals surface area (Å²) in [5, 5.41) is 3.10. The van der Waals surface area contributed by atoms with Crippen molar-refractivity contribution in [3.05, 3.63) is 29.8 Å². The SMILES string of the molecule is CCNC(COc1cc(F)ccc1F)(C(=O)OC)C1CC1. The molecule has 0 radical (unpaired) electrons. The molecule has 4 nitrogen and oxygen atoms in total. The molecule has 0 aromatic heterocycles. The van der Waals surface area contributed by atoms with Crippen LogP contribution in [0, 0.1) is 17.6 Å². The van der Waals surface area contributed by atoms with Crippen molar-refractivity contribution in [2.75, 3.05) is 20.3 Å². The summed E-state index contributed by atoms with van der Waals surface area (Å²) in [4.78, 5) is 12.1. The van der Waals surface area contributed by atoms with E-state index in [2.05, 4.69) is 5.32 Å². The molecule has 0 saturated heterocycles. The summed E-state index contributed by atoms with van der Waals surface area (Å²) in [7, 11) is 1.31. The Labute approximate surface area is 122 Å². The van der Waals surface area contributed by atoms with Gasteiger partial charge in [0.15, 0.2) is 17.1 Å². The topological polar surface area (TPSA) is 47.6 Å². The predicted molar refractivity (Wildman–Crippen MR) is 73.0 cm³/mol. The van der Waals surface area contributed by atoms with Gasteiger partial charge in [-0.3, -0.25) is 5.32 Å². The van der Waals surface area contributed by atoms with Crippen molar-refractivity contribution in [1.29, 1.82) is 0 Å². The normalized spacial score (nSPS) is 17.1. The summed E-state index contributed by atoms with van der Waals surface area (Å²) in [5.41, 5.74) is -1.01. The van der Waals surface area contributed by atoms with Crippen LogP contribution in [0.1, 0.15) is 19.8 Å². The number of carbonyl (C=O) groups excluding carboxylic acids is 1. The molecule has 1 aromatic rings. The van der Waals surface area contributed by atoms with Gasteiger partial charge in [0, 0.05) is 6.07 Å². The summed E-state index contributed by atoms with van der Waals surface area (Å²) in [6, 6.07) is 2.98. The first-order chi connectivity index (χ1) is 10.0.